The van der Waals surface area contributed by atoms with Gasteiger partial charge in [-0.1, -0.05) is 160 Å². The second-order valence-electron chi connectivity index (χ2n) is 16.6. The van der Waals surface area contributed by atoms with E-state index in [9.17, 15) is 0 Å². The average Bonchev–Trinajstić information content (AvgIpc) is 3.58. The fraction of sp³-hybridized carbons (Fsp3) is 0.354. The van der Waals surface area contributed by atoms with E-state index in [1.54, 1.807) is 39.0 Å². The number of nitrogens with one attached hydrogen (secondary N) is 2. The van der Waals surface area contributed by atoms with Crippen molar-refractivity contribution in [3.05, 3.63) is 177 Å². The molecule has 1 heterocycles. The normalized spacial score (nSPS) is 29.8. The van der Waals surface area contributed by atoms with Crippen LogP contribution in [0.25, 0.3) is 0 Å². The summed E-state index contributed by atoms with van der Waals surface area (Å²) >= 11 is 0. The fourth-order valence-corrected chi connectivity index (χ4v) is 11.0. The third-order valence-corrected chi connectivity index (χ3v) is 13.6. The Morgan fingerprint density at radius 3 is 2.27 bits per heavy atom. The Hall–Kier alpha value is -4.47. The molecule has 1 aliphatic heterocycles. The Morgan fingerprint density at radius 2 is 1.49 bits per heavy atom. The van der Waals surface area contributed by atoms with E-state index in [1.165, 1.54) is 43.2 Å². The topological polar surface area (TPSA) is 36.4 Å². The lowest BCUT2D eigenvalue weighted by molar-refractivity contribution is 0.231. The minimum Gasteiger partial charge on any atom is -0.350 e. The number of benzene rings is 3. The zero-order valence-corrected chi connectivity index (χ0v) is 30.0. The molecular weight excluding hydrogens is 619 g/mol. The average molecular weight is 668 g/mol. The highest BCUT2D eigenvalue weighted by molar-refractivity contribution is 5.99. The lowest BCUT2D eigenvalue weighted by Gasteiger charge is -2.42. The van der Waals surface area contributed by atoms with E-state index in [-0.39, 0.29) is 17.7 Å². The molecule has 256 valence electrons. The van der Waals surface area contributed by atoms with Gasteiger partial charge in [0.25, 0.3) is 0 Å². The molecule has 2 N–H and O–H groups in total. The van der Waals surface area contributed by atoms with Gasteiger partial charge < -0.3 is 5.32 Å². The van der Waals surface area contributed by atoms with Gasteiger partial charge in [0.05, 0.1) is 0 Å². The Morgan fingerprint density at radius 1 is 0.765 bits per heavy atom. The summed E-state index contributed by atoms with van der Waals surface area (Å²) in [6, 6.07) is 30.7. The monoisotopic (exact) mass is 667 g/mol. The molecule has 3 aromatic carbocycles. The fourth-order valence-electron chi connectivity index (χ4n) is 11.0. The Labute approximate surface area is 303 Å². The molecule has 1 fully saturated rings. The van der Waals surface area contributed by atoms with Crippen LogP contribution in [0.1, 0.15) is 99.6 Å². The van der Waals surface area contributed by atoms with Crippen LogP contribution in [0.4, 0.5) is 0 Å². The number of nitrogens with zero attached hydrogens (tertiary/aromatic N) is 1. The van der Waals surface area contributed by atoms with E-state index in [1.807, 2.05) is 0 Å². The van der Waals surface area contributed by atoms with Gasteiger partial charge in [0.2, 0.25) is 0 Å². The largest absolute Gasteiger partial charge is 0.350 e. The molecule has 5 unspecified atom stereocenters. The van der Waals surface area contributed by atoms with Crippen molar-refractivity contribution < 1.29 is 0 Å². The number of rotatable bonds is 4. The first kappa shape index (κ1) is 31.3. The molecule has 51 heavy (non-hydrogen) atoms. The van der Waals surface area contributed by atoms with Crippen LogP contribution in [0.3, 0.4) is 0 Å². The molecule has 3 nitrogen and oxygen atoms in total. The molecule has 0 amide bonds. The Kier molecular flexibility index (Phi) is 7.40. The van der Waals surface area contributed by atoms with Crippen LogP contribution in [0.5, 0.6) is 0 Å². The molecule has 7 aliphatic rings. The SMILES string of the molecule is CC1(C)C2=CC3C(C=C2C2=C1C=CC(C1=CC=C(C4N=C(c5ccccc5)NC(c5ccccc5)N4)CC1)C2)c1ccccc1C31CCCCC1. The quantitative estimate of drug-likeness (QED) is 0.291. The maximum Gasteiger partial charge on any atom is 0.131 e. The zero-order chi connectivity index (χ0) is 34.2. The van der Waals surface area contributed by atoms with Crippen molar-refractivity contribution in [3.8, 4) is 0 Å². The van der Waals surface area contributed by atoms with Gasteiger partial charge in [0, 0.05) is 28.2 Å². The van der Waals surface area contributed by atoms with Crippen molar-refractivity contribution in [2.45, 2.75) is 88.9 Å². The number of fused-ring (bicyclic) bond motifs is 7. The van der Waals surface area contributed by atoms with Gasteiger partial charge in [-0.3, -0.25) is 5.32 Å². The molecule has 1 spiro atoms. The van der Waals surface area contributed by atoms with Crippen LogP contribution >= 0.6 is 0 Å². The van der Waals surface area contributed by atoms with Crippen molar-refractivity contribution in [3.63, 3.8) is 0 Å². The molecule has 3 heteroatoms. The van der Waals surface area contributed by atoms with Crippen LogP contribution < -0.4 is 10.6 Å². The second-order valence-corrected chi connectivity index (χ2v) is 16.6. The van der Waals surface area contributed by atoms with E-state index >= 15 is 0 Å². The van der Waals surface area contributed by atoms with E-state index in [2.05, 4.69) is 146 Å². The van der Waals surface area contributed by atoms with E-state index in [0.717, 1.165) is 30.7 Å². The first-order valence-electron chi connectivity index (χ1n) is 19.6. The van der Waals surface area contributed by atoms with Gasteiger partial charge in [-0.05, 0) is 82.6 Å². The van der Waals surface area contributed by atoms with Crippen molar-refractivity contribution in [1.29, 1.82) is 0 Å². The van der Waals surface area contributed by atoms with Crippen LogP contribution in [-0.4, -0.2) is 12.0 Å². The minimum atomic E-state index is -0.0638. The molecule has 6 aliphatic carbocycles. The highest BCUT2D eigenvalue weighted by Crippen LogP contribution is 2.64. The maximum absolute atomic E-state index is 5.23. The molecule has 0 bridgehead atoms. The standard InChI is InChI=1S/C48H49N3/c1-47(2)40-25-24-35(28-37(40)39-29-38-36-18-10-11-19-41(36)48(26-12-5-13-27-48)43(38)30-42(39)47)31-20-22-34(23-21-31)46-50-44(32-14-6-3-7-15-32)49-45(51-46)33-16-8-4-9-17-33/h3-4,6-11,14-20,22,24-25,29-30,35,38,43-44,46,50H,5,12-13,21,23,26-28H2,1-2H3,(H,49,51). The van der Waals surface area contributed by atoms with E-state index < -0.39 is 0 Å². The zero-order valence-electron chi connectivity index (χ0n) is 30.0. The summed E-state index contributed by atoms with van der Waals surface area (Å²) in [5.74, 6) is 2.49. The van der Waals surface area contributed by atoms with Crippen LogP contribution in [0, 0.1) is 17.3 Å². The minimum absolute atomic E-state index is 0.00187. The lowest BCUT2D eigenvalue weighted by Crippen LogP contribution is -2.49. The third-order valence-electron chi connectivity index (χ3n) is 13.6. The lowest BCUT2D eigenvalue weighted by atomic mass is 9.61. The summed E-state index contributed by atoms with van der Waals surface area (Å²) in [6.07, 6.45) is 25.3. The highest BCUT2D eigenvalue weighted by atomic mass is 15.3. The number of hydrogen-bond acceptors (Lipinski definition) is 3. The van der Waals surface area contributed by atoms with Gasteiger partial charge in [-0.25, -0.2) is 4.99 Å². The van der Waals surface area contributed by atoms with Crippen molar-refractivity contribution in [2.75, 3.05) is 0 Å². The molecule has 1 saturated carbocycles. The molecule has 10 rings (SSSR count). The molecule has 5 atom stereocenters. The van der Waals surface area contributed by atoms with Crippen molar-refractivity contribution >= 4 is 5.84 Å². The molecule has 0 saturated heterocycles. The Bertz CT molecular complexity index is 2100. The maximum atomic E-state index is 5.23. The van der Waals surface area contributed by atoms with E-state index in [0.29, 0.717) is 23.2 Å². The van der Waals surface area contributed by atoms with Crippen molar-refractivity contribution in [1.82, 2.24) is 10.6 Å². The smallest absolute Gasteiger partial charge is 0.131 e. The summed E-state index contributed by atoms with van der Waals surface area (Å²) < 4.78 is 0. The third kappa shape index (κ3) is 4.99. The molecular formula is C48H49N3. The first-order valence-corrected chi connectivity index (χ1v) is 19.6. The summed E-state index contributed by atoms with van der Waals surface area (Å²) in [6.45, 7) is 4.98. The van der Waals surface area contributed by atoms with Gasteiger partial charge in [-0.2, -0.15) is 0 Å². The first-order chi connectivity index (χ1) is 25.0. The number of hydrogen-bond donors (Lipinski definition) is 2. The molecule has 0 aromatic heterocycles. The second kappa shape index (κ2) is 12.1. The van der Waals surface area contributed by atoms with Gasteiger partial charge in [0.1, 0.15) is 18.2 Å². The predicted octanol–water partition coefficient (Wildman–Crippen LogP) is 10.7. The highest BCUT2D eigenvalue weighted by Gasteiger charge is 2.54. The summed E-state index contributed by atoms with van der Waals surface area (Å²) in [5.41, 5.74) is 15.2. The summed E-state index contributed by atoms with van der Waals surface area (Å²) in [4.78, 5) is 5.23. The van der Waals surface area contributed by atoms with Gasteiger partial charge >= 0.3 is 0 Å². The van der Waals surface area contributed by atoms with E-state index in [4.69, 9.17) is 4.99 Å². The predicted molar refractivity (Wildman–Crippen MR) is 209 cm³/mol. The van der Waals surface area contributed by atoms with Gasteiger partial charge in [0.15, 0.2) is 0 Å². The number of aliphatic imine (C=N–C) groups is 1. The summed E-state index contributed by atoms with van der Waals surface area (Å²) in [5, 5.41) is 7.49. The van der Waals surface area contributed by atoms with Crippen LogP contribution in [-0.2, 0) is 5.41 Å². The molecule has 0 radical (unpaired) electrons. The van der Waals surface area contributed by atoms with Crippen molar-refractivity contribution in [2.24, 2.45) is 22.2 Å². The number of amidine groups is 1. The van der Waals surface area contributed by atoms with Crippen LogP contribution in [0.2, 0.25) is 0 Å². The van der Waals surface area contributed by atoms with Crippen LogP contribution in [0.15, 0.2) is 160 Å². The summed E-state index contributed by atoms with van der Waals surface area (Å²) in [7, 11) is 0. The van der Waals surface area contributed by atoms with Gasteiger partial charge in [-0.15, -0.1) is 0 Å². The molecule has 3 aromatic rings. The Balaban J connectivity index is 0.938. The number of allylic oxidation sites excluding steroid dienone is 11.